The van der Waals surface area contributed by atoms with Gasteiger partial charge in [0.1, 0.15) is 11.8 Å². The minimum absolute atomic E-state index is 0.117. The zero-order chi connectivity index (χ0) is 18.5. The molecule has 1 aliphatic rings. The number of hydrogen-bond donors (Lipinski definition) is 6. The molecule has 1 fully saturated rings. The Hall–Kier alpha value is -0.705. The van der Waals surface area contributed by atoms with E-state index in [1.54, 1.807) is 11.9 Å². The number of aliphatic carboxylic acids is 1. The Morgan fingerprint density at radius 1 is 1.42 bits per heavy atom. The van der Waals surface area contributed by atoms with Crippen LogP contribution in [0, 0.1) is 5.92 Å². The van der Waals surface area contributed by atoms with E-state index in [2.05, 4.69) is 5.32 Å². The summed E-state index contributed by atoms with van der Waals surface area (Å²) in [5.74, 6) is -0.795. The number of hydrogen-bond acceptors (Lipinski definition) is 7. The third kappa shape index (κ3) is 5.40. The predicted octanol–water partition coefficient (Wildman–Crippen LogP) is -0.952. The first-order valence-electron chi connectivity index (χ1n) is 8.61. The Labute approximate surface area is 144 Å². The first-order chi connectivity index (χ1) is 11.1. The molecule has 7 N–H and O–H groups in total. The maximum atomic E-state index is 11.8. The predicted molar refractivity (Wildman–Crippen MR) is 92.2 cm³/mol. The standard InChI is InChI=1S/C15H32BN3O5/c1-10(2)12(17)13(20)19(3)11-8-15(14(21)22,18-9-11)6-4-5-7-16(23)24/h10-13,18,20,23-24H,4-9,17H2,1-3H3,(H,21,22)/t11-,12+,13?,15+/m1/s1. The van der Waals surface area contributed by atoms with E-state index in [-0.39, 0.29) is 18.3 Å². The number of aliphatic hydroxyl groups is 1. The van der Waals surface area contributed by atoms with Crippen LogP contribution < -0.4 is 11.1 Å². The molecule has 1 saturated heterocycles. The van der Waals surface area contributed by atoms with Crippen molar-refractivity contribution in [1.82, 2.24) is 10.2 Å². The monoisotopic (exact) mass is 345 g/mol. The summed E-state index contributed by atoms with van der Waals surface area (Å²) in [6.45, 7) is 4.34. The Morgan fingerprint density at radius 3 is 2.54 bits per heavy atom. The molecule has 1 rings (SSSR count). The van der Waals surface area contributed by atoms with Gasteiger partial charge in [-0.3, -0.25) is 9.69 Å². The smallest absolute Gasteiger partial charge is 0.451 e. The Balaban J connectivity index is 2.65. The SMILES string of the molecule is CC(C)[C@H](N)C(O)N(C)[C@H]1CN[C@](CCCCB(O)O)(C(=O)O)C1. The molecule has 0 aromatic carbocycles. The van der Waals surface area contributed by atoms with Gasteiger partial charge in [0.25, 0.3) is 0 Å². The molecule has 9 heteroatoms. The number of rotatable bonds is 10. The van der Waals surface area contributed by atoms with Gasteiger partial charge in [-0.2, -0.15) is 0 Å². The summed E-state index contributed by atoms with van der Waals surface area (Å²) in [7, 11) is 0.410. The van der Waals surface area contributed by atoms with Crippen LogP contribution in [0.2, 0.25) is 6.32 Å². The van der Waals surface area contributed by atoms with Crippen molar-refractivity contribution in [2.24, 2.45) is 11.7 Å². The summed E-state index contributed by atoms with van der Waals surface area (Å²) in [5, 5.41) is 40.8. The largest absolute Gasteiger partial charge is 0.480 e. The summed E-state index contributed by atoms with van der Waals surface area (Å²) in [5.41, 5.74) is 4.97. The van der Waals surface area contributed by atoms with Gasteiger partial charge in [-0.25, -0.2) is 0 Å². The van der Waals surface area contributed by atoms with E-state index in [0.29, 0.717) is 32.2 Å². The number of unbranched alkanes of at least 4 members (excludes halogenated alkanes) is 1. The topological polar surface area (TPSA) is 139 Å². The zero-order valence-corrected chi connectivity index (χ0v) is 14.9. The highest BCUT2D eigenvalue weighted by atomic mass is 16.4. The molecule has 24 heavy (non-hydrogen) atoms. The van der Waals surface area contributed by atoms with Gasteiger partial charge in [0.2, 0.25) is 0 Å². The number of carboxylic acids is 1. The summed E-state index contributed by atoms with van der Waals surface area (Å²) >= 11 is 0. The molecule has 0 radical (unpaired) electrons. The van der Waals surface area contributed by atoms with Crippen LogP contribution in [-0.2, 0) is 4.79 Å². The second-order valence-electron chi connectivity index (χ2n) is 7.25. The van der Waals surface area contributed by atoms with Crippen LogP contribution >= 0.6 is 0 Å². The van der Waals surface area contributed by atoms with Gasteiger partial charge >= 0.3 is 13.1 Å². The summed E-state index contributed by atoms with van der Waals surface area (Å²) in [6.07, 6.45) is 1.33. The highest BCUT2D eigenvalue weighted by molar-refractivity contribution is 6.40. The lowest BCUT2D eigenvalue weighted by atomic mass is 9.81. The minimum Gasteiger partial charge on any atom is -0.480 e. The molecule has 0 aromatic rings. The number of nitrogens with two attached hydrogens (primary N) is 1. The number of carboxylic acid groups (broad SMARTS) is 1. The van der Waals surface area contributed by atoms with Gasteiger partial charge in [0.05, 0.1) is 0 Å². The van der Waals surface area contributed by atoms with Gasteiger partial charge in [0.15, 0.2) is 0 Å². The van der Waals surface area contributed by atoms with E-state index in [4.69, 9.17) is 15.8 Å². The second kappa shape index (κ2) is 9.12. The van der Waals surface area contributed by atoms with Crippen LogP contribution in [0.3, 0.4) is 0 Å². The highest BCUT2D eigenvalue weighted by Gasteiger charge is 2.47. The fraction of sp³-hybridized carbons (Fsp3) is 0.933. The lowest BCUT2D eigenvalue weighted by Gasteiger charge is -2.34. The molecule has 140 valence electrons. The fourth-order valence-electron chi connectivity index (χ4n) is 3.19. The summed E-state index contributed by atoms with van der Waals surface area (Å²) in [4.78, 5) is 13.5. The number of aliphatic hydroxyl groups excluding tert-OH is 1. The number of nitrogens with one attached hydrogen (secondary N) is 1. The lowest BCUT2D eigenvalue weighted by molar-refractivity contribution is -0.145. The molecular formula is C15H32BN3O5. The third-order valence-electron chi connectivity index (χ3n) is 5.09. The summed E-state index contributed by atoms with van der Waals surface area (Å²) < 4.78 is 0. The van der Waals surface area contributed by atoms with Crippen molar-refractivity contribution in [1.29, 1.82) is 0 Å². The molecule has 0 saturated carbocycles. The van der Waals surface area contributed by atoms with Crippen LogP contribution in [-0.4, -0.2) is 75.7 Å². The van der Waals surface area contributed by atoms with E-state index >= 15 is 0 Å². The first kappa shape index (κ1) is 21.3. The number of likely N-dealkylation sites (N-methyl/N-ethyl adjacent to an activating group) is 1. The van der Waals surface area contributed by atoms with Crippen molar-refractivity contribution in [3.05, 3.63) is 0 Å². The maximum absolute atomic E-state index is 11.8. The lowest BCUT2D eigenvalue weighted by Crippen LogP contribution is -2.53. The molecule has 0 amide bonds. The Bertz CT molecular complexity index is 413. The van der Waals surface area contributed by atoms with E-state index in [1.165, 1.54) is 0 Å². The van der Waals surface area contributed by atoms with Gasteiger partial charge in [-0.1, -0.05) is 26.7 Å². The normalized spacial score (nSPS) is 26.8. The van der Waals surface area contributed by atoms with Crippen molar-refractivity contribution in [2.45, 2.75) is 69.7 Å². The van der Waals surface area contributed by atoms with E-state index in [0.717, 1.165) is 0 Å². The maximum Gasteiger partial charge on any atom is 0.451 e. The molecule has 0 bridgehead atoms. The van der Waals surface area contributed by atoms with Crippen molar-refractivity contribution in [2.75, 3.05) is 13.6 Å². The quantitative estimate of drug-likeness (QED) is 0.169. The van der Waals surface area contributed by atoms with Gasteiger partial charge in [-0.15, -0.1) is 0 Å². The molecule has 0 spiro atoms. The minimum atomic E-state index is -1.35. The fourth-order valence-corrected chi connectivity index (χ4v) is 3.19. The number of carbonyl (C=O) groups is 1. The molecule has 8 nitrogen and oxygen atoms in total. The first-order valence-corrected chi connectivity index (χ1v) is 8.61. The molecule has 0 aromatic heterocycles. The van der Waals surface area contributed by atoms with E-state index in [9.17, 15) is 15.0 Å². The van der Waals surface area contributed by atoms with Crippen LogP contribution in [0.15, 0.2) is 0 Å². The van der Waals surface area contributed by atoms with Crippen molar-refractivity contribution >= 4 is 13.1 Å². The zero-order valence-electron chi connectivity index (χ0n) is 14.9. The number of nitrogens with zero attached hydrogens (tertiary/aromatic N) is 1. The average molecular weight is 345 g/mol. The molecule has 0 aliphatic carbocycles. The van der Waals surface area contributed by atoms with Crippen molar-refractivity contribution < 1.29 is 25.1 Å². The Morgan fingerprint density at radius 2 is 2.04 bits per heavy atom. The molecule has 1 heterocycles. The molecule has 4 atom stereocenters. The molecular weight excluding hydrogens is 313 g/mol. The van der Waals surface area contributed by atoms with Gasteiger partial charge < -0.3 is 31.3 Å². The van der Waals surface area contributed by atoms with Gasteiger partial charge in [0, 0.05) is 18.6 Å². The average Bonchev–Trinajstić information content (AvgIpc) is 2.95. The van der Waals surface area contributed by atoms with Crippen LogP contribution in [0.25, 0.3) is 0 Å². The van der Waals surface area contributed by atoms with Crippen molar-refractivity contribution in [3.8, 4) is 0 Å². The van der Waals surface area contributed by atoms with E-state index < -0.39 is 30.9 Å². The Kier molecular flexibility index (Phi) is 8.11. The van der Waals surface area contributed by atoms with Gasteiger partial charge in [-0.05, 0) is 32.1 Å². The summed E-state index contributed by atoms with van der Waals surface area (Å²) in [6, 6.07) is -0.523. The molecule has 1 unspecified atom stereocenters. The molecule has 1 aliphatic heterocycles. The second-order valence-corrected chi connectivity index (χ2v) is 7.25. The van der Waals surface area contributed by atoms with E-state index in [1.807, 2.05) is 13.8 Å². The van der Waals surface area contributed by atoms with Crippen LogP contribution in [0.4, 0.5) is 0 Å². The third-order valence-corrected chi connectivity index (χ3v) is 5.09. The van der Waals surface area contributed by atoms with Crippen LogP contribution in [0.5, 0.6) is 0 Å². The van der Waals surface area contributed by atoms with Crippen molar-refractivity contribution in [3.63, 3.8) is 0 Å². The van der Waals surface area contributed by atoms with Crippen LogP contribution in [0.1, 0.15) is 39.5 Å². The highest BCUT2D eigenvalue weighted by Crippen LogP contribution is 2.29.